The minimum Gasteiger partial charge on any atom is -0.488 e. The van der Waals surface area contributed by atoms with Gasteiger partial charge in [-0.1, -0.05) is 0 Å². The Morgan fingerprint density at radius 2 is 2.00 bits per heavy atom. The largest absolute Gasteiger partial charge is 0.488 e. The average molecular weight is 250 g/mol. The van der Waals surface area contributed by atoms with Crippen molar-refractivity contribution in [3.63, 3.8) is 0 Å². The van der Waals surface area contributed by atoms with E-state index in [9.17, 15) is 9.59 Å². The lowest BCUT2D eigenvalue weighted by Crippen LogP contribution is -2.17. The Morgan fingerprint density at radius 1 is 1.28 bits per heavy atom. The van der Waals surface area contributed by atoms with E-state index in [4.69, 9.17) is 9.47 Å². The van der Waals surface area contributed by atoms with Crippen molar-refractivity contribution in [1.29, 1.82) is 0 Å². The van der Waals surface area contributed by atoms with Crippen molar-refractivity contribution in [3.05, 3.63) is 29.8 Å². The van der Waals surface area contributed by atoms with Crippen LogP contribution in [0.3, 0.4) is 0 Å². The molecular formula is C13H14O5. The van der Waals surface area contributed by atoms with Crippen LogP contribution in [-0.2, 0) is 14.3 Å². The molecule has 1 aromatic rings. The predicted molar refractivity (Wildman–Crippen MR) is 62.6 cm³/mol. The lowest BCUT2D eigenvalue weighted by molar-refractivity contribution is -0.135. The Morgan fingerprint density at radius 3 is 2.56 bits per heavy atom. The van der Waals surface area contributed by atoms with Gasteiger partial charge in [-0.15, -0.1) is 0 Å². The molecule has 0 aromatic heterocycles. The Labute approximate surface area is 105 Å². The lowest BCUT2D eigenvalue weighted by Gasteiger charge is -2.11. The number of Topliss-reactive ketones (excluding diaryl/α,β-unsaturated/α-hetero) is 1. The number of carbonyl (C=O) groups is 2. The highest BCUT2D eigenvalue weighted by molar-refractivity contribution is 6.40. The van der Waals surface area contributed by atoms with Crippen molar-refractivity contribution in [1.82, 2.24) is 0 Å². The topological polar surface area (TPSA) is 61.8 Å². The standard InChI is InChI=1S/C13H14O5/c1-16-13(15)12(14)9-2-4-10(5-3-9)18-11-6-7-17-8-11/h2-5,11H,6-8H2,1H3. The molecule has 1 aliphatic heterocycles. The maximum absolute atomic E-state index is 11.5. The zero-order chi connectivity index (χ0) is 13.0. The highest BCUT2D eigenvalue weighted by Gasteiger charge is 2.19. The van der Waals surface area contributed by atoms with Crippen LogP contribution in [0.1, 0.15) is 16.8 Å². The average Bonchev–Trinajstić information content (AvgIpc) is 2.91. The van der Waals surface area contributed by atoms with Gasteiger partial charge < -0.3 is 14.2 Å². The molecule has 1 fully saturated rings. The van der Waals surface area contributed by atoms with E-state index in [0.717, 1.165) is 6.42 Å². The highest BCUT2D eigenvalue weighted by atomic mass is 16.5. The number of hydrogen-bond acceptors (Lipinski definition) is 5. The molecule has 1 aromatic carbocycles. The number of methoxy groups -OCH3 is 1. The molecule has 1 aliphatic rings. The van der Waals surface area contributed by atoms with Crippen LogP contribution in [0.25, 0.3) is 0 Å². The minimum absolute atomic E-state index is 0.0622. The van der Waals surface area contributed by atoms with Crippen LogP contribution in [0.5, 0.6) is 5.75 Å². The molecule has 0 bridgehead atoms. The third kappa shape index (κ3) is 2.87. The van der Waals surface area contributed by atoms with Crippen molar-refractivity contribution in [2.24, 2.45) is 0 Å². The van der Waals surface area contributed by atoms with Crippen LogP contribution in [0, 0.1) is 0 Å². The third-order valence-corrected chi connectivity index (χ3v) is 2.68. The van der Waals surface area contributed by atoms with E-state index in [1.165, 1.54) is 7.11 Å². The molecular weight excluding hydrogens is 236 g/mol. The molecule has 0 saturated carbocycles. The molecule has 0 radical (unpaired) electrons. The van der Waals surface area contributed by atoms with E-state index >= 15 is 0 Å². The van der Waals surface area contributed by atoms with Crippen molar-refractivity contribution >= 4 is 11.8 Å². The molecule has 0 spiro atoms. The second-order valence-electron chi connectivity index (χ2n) is 3.95. The summed E-state index contributed by atoms with van der Waals surface area (Å²) in [5.74, 6) is -0.868. The Bertz CT molecular complexity index is 431. The lowest BCUT2D eigenvalue weighted by atomic mass is 10.1. The number of ketones is 1. The molecule has 5 heteroatoms. The van der Waals surface area contributed by atoms with Crippen molar-refractivity contribution in [2.75, 3.05) is 20.3 Å². The molecule has 0 aliphatic carbocycles. The number of carbonyl (C=O) groups excluding carboxylic acids is 2. The molecule has 0 N–H and O–H groups in total. The smallest absolute Gasteiger partial charge is 0.379 e. The second-order valence-corrected chi connectivity index (χ2v) is 3.95. The molecule has 18 heavy (non-hydrogen) atoms. The zero-order valence-corrected chi connectivity index (χ0v) is 10.0. The molecule has 96 valence electrons. The monoisotopic (exact) mass is 250 g/mol. The van der Waals surface area contributed by atoms with Crippen LogP contribution >= 0.6 is 0 Å². The molecule has 5 nitrogen and oxygen atoms in total. The van der Waals surface area contributed by atoms with E-state index in [0.29, 0.717) is 19.0 Å². The summed E-state index contributed by atoms with van der Waals surface area (Å²) in [5, 5.41) is 0. The number of rotatable bonds is 4. The number of hydrogen-bond donors (Lipinski definition) is 0. The van der Waals surface area contributed by atoms with Gasteiger partial charge in [-0.05, 0) is 24.3 Å². The van der Waals surface area contributed by atoms with Gasteiger partial charge in [0.15, 0.2) is 0 Å². The zero-order valence-electron chi connectivity index (χ0n) is 10.0. The summed E-state index contributed by atoms with van der Waals surface area (Å²) in [6, 6.07) is 6.41. The van der Waals surface area contributed by atoms with E-state index in [-0.39, 0.29) is 11.7 Å². The van der Waals surface area contributed by atoms with Gasteiger partial charge >= 0.3 is 5.97 Å². The van der Waals surface area contributed by atoms with Gasteiger partial charge in [0.05, 0.1) is 20.3 Å². The summed E-state index contributed by atoms with van der Waals surface area (Å²) in [5.41, 5.74) is 0.289. The summed E-state index contributed by atoms with van der Waals surface area (Å²) in [6.45, 7) is 1.30. The number of ether oxygens (including phenoxy) is 3. The van der Waals surface area contributed by atoms with Gasteiger partial charge in [0.2, 0.25) is 0 Å². The first-order chi connectivity index (χ1) is 8.70. The van der Waals surface area contributed by atoms with E-state index in [2.05, 4.69) is 4.74 Å². The normalized spacial score (nSPS) is 18.4. The van der Waals surface area contributed by atoms with Crippen molar-refractivity contribution < 1.29 is 23.8 Å². The Balaban J connectivity index is 2.00. The first kappa shape index (κ1) is 12.6. The maximum Gasteiger partial charge on any atom is 0.379 e. The highest BCUT2D eigenvalue weighted by Crippen LogP contribution is 2.17. The molecule has 0 amide bonds. The fraction of sp³-hybridized carbons (Fsp3) is 0.385. The number of benzene rings is 1. The fourth-order valence-electron chi connectivity index (χ4n) is 1.69. The summed E-state index contributed by atoms with van der Waals surface area (Å²) >= 11 is 0. The molecule has 2 rings (SSSR count). The van der Waals surface area contributed by atoms with Gasteiger partial charge in [0, 0.05) is 12.0 Å². The first-order valence-corrected chi connectivity index (χ1v) is 5.68. The predicted octanol–water partition coefficient (Wildman–Crippen LogP) is 1.21. The van der Waals surface area contributed by atoms with E-state index in [1.807, 2.05) is 0 Å². The van der Waals surface area contributed by atoms with Crippen molar-refractivity contribution in [2.45, 2.75) is 12.5 Å². The van der Waals surface area contributed by atoms with Crippen molar-refractivity contribution in [3.8, 4) is 5.75 Å². The van der Waals surface area contributed by atoms with Crippen LogP contribution in [-0.4, -0.2) is 38.2 Å². The number of esters is 1. The maximum atomic E-state index is 11.5. The van der Waals surface area contributed by atoms with Gasteiger partial charge in [0.1, 0.15) is 11.9 Å². The van der Waals surface area contributed by atoms with Gasteiger partial charge in [-0.3, -0.25) is 4.79 Å². The Kier molecular flexibility index (Phi) is 3.94. The molecule has 1 heterocycles. The van der Waals surface area contributed by atoms with Gasteiger partial charge in [-0.2, -0.15) is 0 Å². The summed E-state index contributed by atoms with van der Waals surface area (Å²) < 4.78 is 15.2. The van der Waals surface area contributed by atoms with Crippen LogP contribution in [0.4, 0.5) is 0 Å². The molecule has 1 atom stereocenters. The van der Waals surface area contributed by atoms with E-state index in [1.54, 1.807) is 24.3 Å². The molecule has 1 saturated heterocycles. The summed E-state index contributed by atoms with van der Waals surface area (Å²) in [4.78, 5) is 22.6. The summed E-state index contributed by atoms with van der Waals surface area (Å²) in [7, 11) is 1.18. The van der Waals surface area contributed by atoms with Crippen LogP contribution in [0.2, 0.25) is 0 Å². The van der Waals surface area contributed by atoms with Crippen LogP contribution < -0.4 is 4.74 Å². The fourth-order valence-corrected chi connectivity index (χ4v) is 1.69. The van der Waals surface area contributed by atoms with E-state index < -0.39 is 11.8 Å². The second kappa shape index (κ2) is 5.64. The quantitative estimate of drug-likeness (QED) is 0.456. The summed E-state index contributed by atoms with van der Waals surface area (Å²) in [6.07, 6.45) is 0.926. The van der Waals surface area contributed by atoms with Crippen LogP contribution in [0.15, 0.2) is 24.3 Å². The first-order valence-electron chi connectivity index (χ1n) is 5.68. The van der Waals surface area contributed by atoms with Gasteiger partial charge in [0.25, 0.3) is 5.78 Å². The molecule has 1 unspecified atom stereocenters. The SMILES string of the molecule is COC(=O)C(=O)c1ccc(OC2CCOC2)cc1. The van der Waals surface area contributed by atoms with Gasteiger partial charge in [-0.25, -0.2) is 4.79 Å². The third-order valence-electron chi connectivity index (χ3n) is 2.68. The Hall–Kier alpha value is -1.88. The minimum atomic E-state index is -0.868.